The number of hydrogen-bond acceptors (Lipinski definition) is 3. The molecule has 1 aliphatic heterocycles. The van der Waals surface area contributed by atoms with Gasteiger partial charge in [0.25, 0.3) is 0 Å². The molecular weight excluding hydrogens is 250 g/mol. The van der Waals surface area contributed by atoms with Gasteiger partial charge in [-0.25, -0.2) is 0 Å². The van der Waals surface area contributed by atoms with Crippen LogP contribution in [-0.2, 0) is 10.3 Å². The van der Waals surface area contributed by atoms with Crippen molar-refractivity contribution in [3.8, 4) is 16.9 Å². The Kier molecular flexibility index (Phi) is 2.41. The zero-order valence-corrected chi connectivity index (χ0v) is 10.1. The maximum absolute atomic E-state index is 11.1. The highest BCUT2D eigenvalue weighted by Crippen LogP contribution is 2.28. The monoisotopic (exact) mass is 259 g/mol. The van der Waals surface area contributed by atoms with Crippen molar-refractivity contribution in [3.05, 3.63) is 54.1 Å². The van der Waals surface area contributed by atoms with Gasteiger partial charge in [-0.3, -0.25) is 0 Å². The highest BCUT2D eigenvalue weighted by molar-refractivity contribution is 7.86. The molecule has 3 rings (SSSR count). The van der Waals surface area contributed by atoms with E-state index in [9.17, 15) is 8.42 Å². The lowest BCUT2D eigenvalue weighted by atomic mass is 10.0. The molecule has 0 N–H and O–H groups in total. The third kappa shape index (κ3) is 2.00. The molecule has 1 aliphatic rings. The molecule has 0 saturated heterocycles. The summed E-state index contributed by atoms with van der Waals surface area (Å²) in [6, 6.07) is 15.1. The van der Waals surface area contributed by atoms with Gasteiger partial charge in [0.2, 0.25) is 0 Å². The lowest BCUT2D eigenvalue weighted by Gasteiger charge is -2.12. The Labute approximate surface area is 105 Å². The number of fused-ring (bicyclic) bond motifs is 1. The van der Waals surface area contributed by atoms with E-state index >= 15 is 0 Å². The van der Waals surface area contributed by atoms with E-state index in [2.05, 4.69) is 4.40 Å². The molecule has 0 spiro atoms. The molecule has 0 unspecified atom stereocenters. The second-order valence-electron chi connectivity index (χ2n) is 3.86. The molecule has 0 aromatic heterocycles. The molecule has 18 heavy (non-hydrogen) atoms. The Balaban J connectivity index is 2.09. The number of hydrogen-bond donors (Lipinski definition) is 0. The van der Waals surface area contributed by atoms with Crippen molar-refractivity contribution in [1.29, 1.82) is 0 Å². The number of nitrogens with zero attached hydrogens (tertiary/aromatic N) is 1. The van der Waals surface area contributed by atoms with E-state index in [1.807, 2.05) is 42.5 Å². The fraction of sp³-hybridized carbons (Fsp3) is 0. The molecule has 0 bridgehead atoms. The molecular formula is C13H9NO3S. The Hall–Kier alpha value is -2.14. The summed E-state index contributed by atoms with van der Waals surface area (Å²) in [4.78, 5) is 0. The van der Waals surface area contributed by atoms with E-state index in [-0.39, 0.29) is 0 Å². The summed E-state index contributed by atoms with van der Waals surface area (Å²) in [5.74, 6) is 0.310. The van der Waals surface area contributed by atoms with Crippen LogP contribution in [0.3, 0.4) is 0 Å². The van der Waals surface area contributed by atoms with Crippen LogP contribution in [0.5, 0.6) is 5.75 Å². The zero-order chi connectivity index (χ0) is 12.6. The quantitative estimate of drug-likeness (QED) is 0.790. The van der Waals surface area contributed by atoms with Crippen LogP contribution in [0.1, 0.15) is 5.56 Å². The summed E-state index contributed by atoms with van der Waals surface area (Å²) < 4.78 is 30.4. The molecule has 0 radical (unpaired) electrons. The zero-order valence-electron chi connectivity index (χ0n) is 9.28. The Morgan fingerprint density at radius 2 is 1.72 bits per heavy atom. The number of benzene rings is 2. The minimum absolute atomic E-state index is 0.310. The van der Waals surface area contributed by atoms with Crippen LogP contribution >= 0.6 is 0 Å². The van der Waals surface area contributed by atoms with Crippen molar-refractivity contribution in [2.75, 3.05) is 0 Å². The van der Waals surface area contributed by atoms with Crippen LogP contribution in [0.2, 0.25) is 0 Å². The first-order chi connectivity index (χ1) is 8.64. The van der Waals surface area contributed by atoms with Crippen molar-refractivity contribution in [1.82, 2.24) is 0 Å². The van der Waals surface area contributed by atoms with Crippen molar-refractivity contribution < 1.29 is 12.6 Å². The highest BCUT2D eigenvalue weighted by Gasteiger charge is 2.18. The molecule has 0 amide bonds. The van der Waals surface area contributed by atoms with Crippen molar-refractivity contribution in [2.24, 2.45) is 4.40 Å². The maximum atomic E-state index is 11.1. The first-order valence-corrected chi connectivity index (χ1v) is 6.70. The molecule has 0 fully saturated rings. The standard InChI is InChI=1S/C13H9NO3S/c15-18(16)14-9-12-8-11(6-7-13(12)17-18)10-4-2-1-3-5-10/h1-9H. The minimum Gasteiger partial charge on any atom is -0.365 e. The maximum Gasteiger partial charge on any atom is 0.428 e. The van der Waals surface area contributed by atoms with E-state index in [1.165, 1.54) is 6.21 Å². The second-order valence-corrected chi connectivity index (χ2v) is 5.10. The topological polar surface area (TPSA) is 55.7 Å². The fourth-order valence-corrected chi connectivity index (χ4v) is 2.46. The smallest absolute Gasteiger partial charge is 0.365 e. The van der Waals surface area contributed by atoms with E-state index in [0.717, 1.165) is 11.1 Å². The predicted octanol–water partition coefficient (Wildman–Crippen LogP) is 2.41. The van der Waals surface area contributed by atoms with Gasteiger partial charge in [-0.1, -0.05) is 36.4 Å². The average Bonchev–Trinajstić information content (AvgIpc) is 2.38. The van der Waals surface area contributed by atoms with Crippen LogP contribution in [0.15, 0.2) is 52.9 Å². The van der Waals surface area contributed by atoms with Crippen molar-refractivity contribution >= 4 is 16.5 Å². The molecule has 4 nitrogen and oxygen atoms in total. The summed E-state index contributed by atoms with van der Waals surface area (Å²) in [6.45, 7) is 0. The third-order valence-electron chi connectivity index (χ3n) is 2.63. The van der Waals surface area contributed by atoms with E-state index in [1.54, 1.807) is 6.07 Å². The molecule has 0 aliphatic carbocycles. The predicted molar refractivity (Wildman–Crippen MR) is 69.0 cm³/mol. The third-order valence-corrected chi connectivity index (χ3v) is 3.39. The second kappa shape index (κ2) is 3.96. The van der Waals surface area contributed by atoms with Crippen LogP contribution < -0.4 is 4.18 Å². The summed E-state index contributed by atoms with van der Waals surface area (Å²) in [6.07, 6.45) is 1.31. The first-order valence-electron chi connectivity index (χ1n) is 5.33. The van der Waals surface area contributed by atoms with Crippen molar-refractivity contribution in [3.63, 3.8) is 0 Å². The van der Waals surface area contributed by atoms with E-state index in [0.29, 0.717) is 11.3 Å². The van der Waals surface area contributed by atoms with E-state index < -0.39 is 10.3 Å². The molecule has 5 heteroatoms. The van der Waals surface area contributed by atoms with Gasteiger partial charge in [0, 0.05) is 5.56 Å². The summed E-state index contributed by atoms with van der Waals surface area (Å²) in [5.41, 5.74) is 2.71. The molecule has 0 saturated carbocycles. The van der Waals surface area contributed by atoms with Crippen LogP contribution in [-0.4, -0.2) is 14.6 Å². The lowest BCUT2D eigenvalue weighted by Crippen LogP contribution is -2.12. The largest absolute Gasteiger partial charge is 0.428 e. The highest BCUT2D eigenvalue weighted by atomic mass is 32.2. The fourth-order valence-electron chi connectivity index (χ4n) is 1.79. The lowest BCUT2D eigenvalue weighted by molar-refractivity contribution is 0.485. The first kappa shape index (κ1) is 11.0. The van der Waals surface area contributed by atoms with Gasteiger partial charge in [-0.15, -0.1) is 4.40 Å². The summed E-state index contributed by atoms with van der Waals surface area (Å²) in [7, 11) is -3.80. The van der Waals surface area contributed by atoms with Gasteiger partial charge >= 0.3 is 10.3 Å². The molecule has 0 atom stereocenters. The van der Waals surface area contributed by atoms with Crippen LogP contribution in [0.4, 0.5) is 0 Å². The number of rotatable bonds is 1. The molecule has 2 aromatic rings. The minimum atomic E-state index is -3.80. The Bertz CT molecular complexity index is 721. The van der Waals surface area contributed by atoms with E-state index in [4.69, 9.17) is 4.18 Å². The SMILES string of the molecule is O=S1(=O)N=Cc2cc(-c3ccccc3)ccc2O1. The van der Waals surface area contributed by atoms with Crippen LogP contribution in [0.25, 0.3) is 11.1 Å². The van der Waals surface area contributed by atoms with Gasteiger partial charge in [0.05, 0.1) is 6.21 Å². The van der Waals surface area contributed by atoms with Crippen LogP contribution in [0, 0.1) is 0 Å². The molecule has 90 valence electrons. The van der Waals surface area contributed by atoms with Gasteiger partial charge < -0.3 is 4.18 Å². The normalized spacial score (nSPS) is 15.8. The van der Waals surface area contributed by atoms with Crippen molar-refractivity contribution in [2.45, 2.75) is 0 Å². The summed E-state index contributed by atoms with van der Waals surface area (Å²) in [5, 5.41) is 0. The Morgan fingerprint density at radius 1 is 0.944 bits per heavy atom. The average molecular weight is 259 g/mol. The van der Waals surface area contributed by atoms with Gasteiger partial charge in [-0.05, 0) is 23.3 Å². The van der Waals surface area contributed by atoms with Gasteiger partial charge in [-0.2, -0.15) is 8.42 Å². The summed E-state index contributed by atoms with van der Waals surface area (Å²) >= 11 is 0. The molecule has 2 aromatic carbocycles. The Morgan fingerprint density at radius 3 is 2.50 bits per heavy atom. The molecule has 1 heterocycles. The van der Waals surface area contributed by atoms with Gasteiger partial charge in [0.1, 0.15) is 0 Å². The van der Waals surface area contributed by atoms with Gasteiger partial charge in [0.15, 0.2) is 5.75 Å².